The number of para-hydroxylation sites is 1. The predicted molar refractivity (Wildman–Crippen MR) is 72.8 cm³/mol. The van der Waals surface area contributed by atoms with E-state index in [9.17, 15) is 4.79 Å². The maximum atomic E-state index is 11.8. The zero-order chi connectivity index (χ0) is 13.3. The Labute approximate surface area is 108 Å². The molecule has 0 amide bonds. The maximum absolute atomic E-state index is 11.8. The van der Waals surface area contributed by atoms with Crippen molar-refractivity contribution in [1.29, 1.82) is 0 Å². The summed E-state index contributed by atoms with van der Waals surface area (Å²) in [6.07, 6.45) is 1.10. The molecule has 1 aromatic carbocycles. The van der Waals surface area contributed by atoms with Gasteiger partial charge in [-0.25, -0.2) is 4.79 Å². The van der Waals surface area contributed by atoms with Crippen LogP contribution in [0, 0.1) is 5.41 Å². The lowest BCUT2D eigenvalue weighted by molar-refractivity contribution is 0.0601. The molecule has 2 N–H and O–H groups in total. The number of rotatable bonds is 2. The number of nitrogen functional groups attached to an aromatic ring is 1. The second kappa shape index (κ2) is 4.52. The van der Waals surface area contributed by atoms with E-state index < -0.39 is 0 Å². The molecule has 0 aliphatic carbocycles. The third-order valence-electron chi connectivity index (χ3n) is 3.47. The van der Waals surface area contributed by atoms with Crippen LogP contribution in [0.4, 0.5) is 11.4 Å². The Morgan fingerprint density at radius 1 is 1.44 bits per heavy atom. The van der Waals surface area contributed by atoms with E-state index in [1.54, 1.807) is 12.1 Å². The summed E-state index contributed by atoms with van der Waals surface area (Å²) in [6.45, 7) is 6.28. The summed E-state index contributed by atoms with van der Waals surface area (Å²) in [7, 11) is 1.39. The summed E-state index contributed by atoms with van der Waals surface area (Å²) in [5.74, 6) is -0.331. The fourth-order valence-corrected chi connectivity index (χ4v) is 2.49. The van der Waals surface area contributed by atoms with Crippen LogP contribution in [0.25, 0.3) is 0 Å². The average Bonchev–Trinajstić information content (AvgIpc) is 2.68. The molecule has 18 heavy (non-hydrogen) atoms. The molecule has 1 fully saturated rings. The summed E-state index contributed by atoms with van der Waals surface area (Å²) in [4.78, 5) is 14.0. The fourth-order valence-electron chi connectivity index (χ4n) is 2.49. The third kappa shape index (κ3) is 2.28. The van der Waals surface area contributed by atoms with Gasteiger partial charge in [0.15, 0.2) is 0 Å². The molecule has 4 heteroatoms. The Hall–Kier alpha value is -1.71. The summed E-state index contributed by atoms with van der Waals surface area (Å²) < 4.78 is 4.82. The zero-order valence-corrected chi connectivity index (χ0v) is 11.2. The van der Waals surface area contributed by atoms with Crippen molar-refractivity contribution in [3.05, 3.63) is 23.8 Å². The van der Waals surface area contributed by atoms with Crippen molar-refractivity contribution >= 4 is 17.3 Å². The molecule has 0 radical (unpaired) electrons. The van der Waals surface area contributed by atoms with Gasteiger partial charge < -0.3 is 15.4 Å². The van der Waals surface area contributed by atoms with Crippen molar-refractivity contribution in [3.8, 4) is 0 Å². The van der Waals surface area contributed by atoms with E-state index in [0.717, 1.165) is 25.2 Å². The highest BCUT2D eigenvalue weighted by molar-refractivity contribution is 5.99. The lowest BCUT2D eigenvalue weighted by atomic mass is 9.93. The van der Waals surface area contributed by atoms with Crippen LogP contribution in [0.2, 0.25) is 0 Å². The number of carbonyl (C=O) groups excluding carboxylic acids is 1. The van der Waals surface area contributed by atoms with E-state index in [2.05, 4.69) is 18.7 Å². The summed E-state index contributed by atoms with van der Waals surface area (Å²) >= 11 is 0. The number of methoxy groups -OCH3 is 1. The second-order valence-electron chi connectivity index (χ2n) is 5.57. The molecule has 1 aliphatic heterocycles. The minimum Gasteiger partial charge on any atom is -0.465 e. The van der Waals surface area contributed by atoms with Gasteiger partial charge in [-0.3, -0.25) is 0 Å². The largest absolute Gasteiger partial charge is 0.465 e. The van der Waals surface area contributed by atoms with Crippen LogP contribution in [-0.4, -0.2) is 26.2 Å². The van der Waals surface area contributed by atoms with Crippen LogP contribution in [0.15, 0.2) is 18.2 Å². The third-order valence-corrected chi connectivity index (χ3v) is 3.47. The Bertz CT molecular complexity index is 469. The summed E-state index contributed by atoms with van der Waals surface area (Å²) in [5, 5.41) is 0. The number of hydrogen-bond donors (Lipinski definition) is 1. The van der Waals surface area contributed by atoms with Gasteiger partial charge in [0.2, 0.25) is 0 Å². The summed E-state index contributed by atoms with van der Waals surface area (Å²) in [5.41, 5.74) is 8.29. The van der Waals surface area contributed by atoms with Gasteiger partial charge in [-0.05, 0) is 24.0 Å². The molecule has 0 unspecified atom stereocenters. The van der Waals surface area contributed by atoms with Crippen LogP contribution >= 0.6 is 0 Å². The highest BCUT2D eigenvalue weighted by Gasteiger charge is 2.32. The number of ether oxygens (including phenoxy) is 1. The number of anilines is 2. The van der Waals surface area contributed by atoms with Gasteiger partial charge in [-0.1, -0.05) is 19.9 Å². The zero-order valence-electron chi connectivity index (χ0n) is 11.2. The first-order valence-electron chi connectivity index (χ1n) is 6.16. The predicted octanol–water partition coefficient (Wildman–Crippen LogP) is 2.29. The van der Waals surface area contributed by atoms with Gasteiger partial charge in [0, 0.05) is 13.1 Å². The summed E-state index contributed by atoms with van der Waals surface area (Å²) in [6, 6.07) is 5.38. The highest BCUT2D eigenvalue weighted by atomic mass is 16.5. The number of carbonyl (C=O) groups is 1. The Morgan fingerprint density at radius 3 is 2.72 bits per heavy atom. The second-order valence-corrected chi connectivity index (χ2v) is 5.57. The first-order valence-corrected chi connectivity index (χ1v) is 6.16. The van der Waals surface area contributed by atoms with Gasteiger partial charge in [0.05, 0.1) is 24.0 Å². The molecule has 1 aliphatic rings. The van der Waals surface area contributed by atoms with Crippen molar-refractivity contribution in [2.24, 2.45) is 5.41 Å². The minimum atomic E-state index is -0.331. The Balaban J connectivity index is 2.41. The van der Waals surface area contributed by atoms with Crippen molar-refractivity contribution in [1.82, 2.24) is 0 Å². The van der Waals surface area contributed by atoms with Gasteiger partial charge in [-0.15, -0.1) is 0 Å². The van der Waals surface area contributed by atoms with Crippen LogP contribution in [-0.2, 0) is 4.74 Å². The van der Waals surface area contributed by atoms with Crippen molar-refractivity contribution < 1.29 is 9.53 Å². The first-order chi connectivity index (χ1) is 8.44. The molecule has 0 spiro atoms. The van der Waals surface area contributed by atoms with Gasteiger partial charge in [-0.2, -0.15) is 0 Å². The molecule has 0 saturated carbocycles. The molecular formula is C14H20N2O2. The van der Waals surface area contributed by atoms with Crippen LogP contribution < -0.4 is 10.6 Å². The lowest BCUT2D eigenvalue weighted by Crippen LogP contribution is -2.25. The molecule has 98 valence electrons. The lowest BCUT2D eigenvalue weighted by Gasteiger charge is -2.24. The average molecular weight is 248 g/mol. The van der Waals surface area contributed by atoms with Crippen LogP contribution in [0.5, 0.6) is 0 Å². The minimum absolute atomic E-state index is 0.260. The number of esters is 1. The van der Waals surface area contributed by atoms with Crippen LogP contribution in [0.1, 0.15) is 30.6 Å². The molecule has 1 saturated heterocycles. The van der Waals surface area contributed by atoms with Crippen LogP contribution in [0.3, 0.4) is 0 Å². The van der Waals surface area contributed by atoms with E-state index in [1.807, 2.05) is 6.07 Å². The Kier molecular flexibility index (Phi) is 3.20. The van der Waals surface area contributed by atoms with E-state index >= 15 is 0 Å². The molecular weight excluding hydrogens is 228 g/mol. The topological polar surface area (TPSA) is 55.6 Å². The standard InChI is InChI=1S/C14H20N2O2/c1-14(2)7-8-16(9-14)12-10(13(17)18-3)5-4-6-11(12)15/h4-6H,7-9,15H2,1-3H3. The molecule has 2 rings (SSSR count). The SMILES string of the molecule is COC(=O)c1cccc(N)c1N1CCC(C)(C)C1. The molecule has 0 bridgehead atoms. The quantitative estimate of drug-likeness (QED) is 0.644. The number of hydrogen-bond acceptors (Lipinski definition) is 4. The molecule has 4 nitrogen and oxygen atoms in total. The van der Waals surface area contributed by atoms with Crippen molar-refractivity contribution in [2.45, 2.75) is 20.3 Å². The van der Waals surface area contributed by atoms with E-state index in [4.69, 9.17) is 10.5 Å². The van der Waals surface area contributed by atoms with Gasteiger partial charge >= 0.3 is 5.97 Å². The van der Waals surface area contributed by atoms with Gasteiger partial charge in [0.25, 0.3) is 0 Å². The smallest absolute Gasteiger partial charge is 0.340 e. The van der Waals surface area contributed by atoms with E-state index in [-0.39, 0.29) is 11.4 Å². The van der Waals surface area contributed by atoms with Crippen molar-refractivity contribution in [3.63, 3.8) is 0 Å². The molecule has 0 aromatic heterocycles. The normalized spacial score (nSPS) is 17.8. The first kappa shape index (κ1) is 12.7. The monoisotopic (exact) mass is 248 g/mol. The van der Waals surface area contributed by atoms with E-state index in [0.29, 0.717) is 11.3 Å². The van der Waals surface area contributed by atoms with Gasteiger partial charge in [0.1, 0.15) is 0 Å². The fraction of sp³-hybridized carbons (Fsp3) is 0.500. The molecule has 1 heterocycles. The molecule has 1 aromatic rings. The number of nitrogens with zero attached hydrogens (tertiary/aromatic N) is 1. The van der Waals surface area contributed by atoms with E-state index in [1.165, 1.54) is 7.11 Å². The number of benzene rings is 1. The Morgan fingerprint density at radius 2 is 2.17 bits per heavy atom. The molecule has 0 atom stereocenters. The maximum Gasteiger partial charge on any atom is 0.340 e. The highest BCUT2D eigenvalue weighted by Crippen LogP contribution is 2.37. The van der Waals surface area contributed by atoms with Crippen molar-refractivity contribution in [2.75, 3.05) is 30.8 Å². The number of nitrogens with two attached hydrogens (primary N) is 1.